The summed E-state index contributed by atoms with van der Waals surface area (Å²) in [4.78, 5) is 14.6. The molecular formula is C30H47N5. The summed E-state index contributed by atoms with van der Waals surface area (Å²) in [5.74, 6) is 1.46. The zero-order valence-electron chi connectivity index (χ0n) is 23.1. The number of allylic oxidation sites excluding steroid dienone is 3. The van der Waals surface area contributed by atoms with Crippen molar-refractivity contribution in [2.24, 2.45) is 10.9 Å². The molecule has 0 spiro atoms. The van der Waals surface area contributed by atoms with E-state index in [0.717, 1.165) is 82.6 Å². The Morgan fingerprint density at radius 1 is 0.943 bits per heavy atom. The summed E-state index contributed by atoms with van der Waals surface area (Å²) in [7, 11) is 0. The third kappa shape index (κ3) is 7.23. The highest BCUT2D eigenvalue weighted by Gasteiger charge is 2.22. The zero-order valence-corrected chi connectivity index (χ0v) is 23.1. The van der Waals surface area contributed by atoms with Crippen LogP contribution in [0.15, 0.2) is 53.8 Å². The lowest BCUT2D eigenvalue weighted by molar-refractivity contribution is 0.152. The predicted molar refractivity (Wildman–Crippen MR) is 151 cm³/mol. The molecule has 2 aliphatic heterocycles. The van der Waals surface area contributed by atoms with E-state index < -0.39 is 0 Å². The highest BCUT2D eigenvalue weighted by molar-refractivity contribution is 5.81. The Morgan fingerprint density at radius 3 is 2.14 bits per heavy atom. The molecule has 5 nitrogen and oxygen atoms in total. The molecule has 2 saturated heterocycles. The minimum absolute atomic E-state index is 0.382. The van der Waals surface area contributed by atoms with Gasteiger partial charge in [-0.2, -0.15) is 0 Å². The molecule has 2 heterocycles. The maximum atomic E-state index is 4.73. The number of rotatable bonds is 8. The molecule has 0 radical (unpaired) electrons. The summed E-state index contributed by atoms with van der Waals surface area (Å²) < 4.78 is 0. The smallest absolute Gasteiger partial charge is 0.101 e. The van der Waals surface area contributed by atoms with Crippen LogP contribution in [0, 0.1) is 12.8 Å². The first-order valence-corrected chi connectivity index (χ1v) is 13.4. The molecule has 0 unspecified atom stereocenters. The van der Waals surface area contributed by atoms with Crippen LogP contribution in [-0.2, 0) is 6.54 Å². The molecule has 2 fully saturated rings. The van der Waals surface area contributed by atoms with Crippen molar-refractivity contribution >= 4 is 11.5 Å². The number of nitrogens with zero attached hydrogens (tertiary/aromatic N) is 5. The predicted octanol–water partition coefficient (Wildman–Crippen LogP) is 5.60. The Hall–Kier alpha value is -2.53. The molecule has 35 heavy (non-hydrogen) atoms. The molecule has 0 aliphatic carbocycles. The quantitative estimate of drug-likeness (QED) is 0.359. The van der Waals surface area contributed by atoms with Gasteiger partial charge in [-0.25, -0.2) is 4.99 Å². The largest absolute Gasteiger partial charge is 0.373 e. The number of amidine groups is 1. The third-order valence-corrected chi connectivity index (χ3v) is 7.48. The highest BCUT2D eigenvalue weighted by atomic mass is 15.3. The van der Waals surface area contributed by atoms with Crippen molar-refractivity contribution < 1.29 is 0 Å². The van der Waals surface area contributed by atoms with Crippen LogP contribution in [0.25, 0.3) is 5.70 Å². The average Bonchev–Trinajstić information content (AvgIpc) is 2.85. The number of hydrogen-bond donors (Lipinski definition) is 0. The maximum absolute atomic E-state index is 4.73. The van der Waals surface area contributed by atoms with Gasteiger partial charge in [0.1, 0.15) is 5.84 Å². The van der Waals surface area contributed by atoms with Gasteiger partial charge in [-0.1, -0.05) is 52.1 Å². The summed E-state index contributed by atoms with van der Waals surface area (Å²) >= 11 is 0. The fourth-order valence-corrected chi connectivity index (χ4v) is 4.90. The number of benzene rings is 1. The maximum Gasteiger partial charge on any atom is 0.101 e. The Kier molecular flexibility index (Phi) is 9.62. The third-order valence-electron chi connectivity index (χ3n) is 7.48. The molecule has 0 N–H and O–H groups in total. The van der Waals surface area contributed by atoms with Crippen LogP contribution in [0.4, 0.5) is 0 Å². The van der Waals surface area contributed by atoms with E-state index >= 15 is 0 Å². The fourth-order valence-electron chi connectivity index (χ4n) is 4.90. The summed E-state index contributed by atoms with van der Waals surface area (Å²) in [6.07, 6.45) is 3.45. The van der Waals surface area contributed by atoms with E-state index in [0.29, 0.717) is 5.92 Å². The molecule has 0 atom stereocenters. The molecule has 1 aromatic rings. The van der Waals surface area contributed by atoms with E-state index in [-0.39, 0.29) is 0 Å². The second kappa shape index (κ2) is 12.4. The van der Waals surface area contributed by atoms with Crippen LogP contribution in [0.2, 0.25) is 0 Å². The van der Waals surface area contributed by atoms with Gasteiger partial charge in [-0.15, -0.1) is 0 Å². The van der Waals surface area contributed by atoms with Crippen molar-refractivity contribution in [2.75, 3.05) is 52.4 Å². The Morgan fingerprint density at radius 2 is 1.54 bits per heavy atom. The van der Waals surface area contributed by atoms with E-state index in [2.05, 4.69) is 98.6 Å². The van der Waals surface area contributed by atoms with Gasteiger partial charge in [-0.3, -0.25) is 4.90 Å². The van der Waals surface area contributed by atoms with Crippen LogP contribution < -0.4 is 0 Å². The van der Waals surface area contributed by atoms with Crippen LogP contribution in [-0.4, -0.2) is 77.8 Å². The van der Waals surface area contributed by atoms with Crippen molar-refractivity contribution in [1.29, 1.82) is 0 Å². The molecule has 1 aromatic carbocycles. The van der Waals surface area contributed by atoms with Crippen molar-refractivity contribution in [1.82, 2.24) is 19.6 Å². The second-order valence-corrected chi connectivity index (χ2v) is 10.4. The topological polar surface area (TPSA) is 25.3 Å². The first-order chi connectivity index (χ1) is 16.7. The van der Waals surface area contributed by atoms with Crippen LogP contribution in [0.3, 0.4) is 0 Å². The van der Waals surface area contributed by atoms with E-state index in [1.165, 1.54) is 22.4 Å². The lowest BCUT2D eigenvalue weighted by Gasteiger charge is -2.38. The van der Waals surface area contributed by atoms with E-state index in [1.54, 1.807) is 0 Å². The van der Waals surface area contributed by atoms with E-state index in [1.807, 2.05) is 0 Å². The number of hydrogen-bond acceptors (Lipinski definition) is 4. The SMILES string of the molecule is C=C(N=C(C)N1CCN(C(=C)c2cc(CN3CCN(/C(C)=C/CC)CC3)ccc2C)CC1)C(C)C. The molecule has 192 valence electrons. The summed E-state index contributed by atoms with van der Waals surface area (Å²) in [5, 5.41) is 0. The van der Waals surface area contributed by atoms with Crippen molar-refractivity contribution in [3.05, 3.63) is 65.5 Å². The zero-order chi connectivity index (χ0) is 25.5. The standard InChI is InChI=1S/C30H47N5/c1-9-10-25(5)33-15-13-32(14-16-33)22-29-12-11-24(4)30(21-29)27(7)34-17-19-35(20-18-34)28(8)31-26(6)23(2)3/h10-12,21,23H,6-7,9,13-20,22H2,1-5,8H3/b25-10+,31-28?. The molecule has 0 amide bonds. The number of aryl methyl sites for hydroxylation is 1. The van der Waals surface area contributed by atoms with Gasteiger partial charge in [0, 0.05) is 81.6 Å². The molecule has 0 saturated carbocycles. The molecule has 2 aliphatic rings. The van der Waals surface area contributed by atoms with Crippen LogP contribution in [0.5, 0.6) is 0 Å². The molecule has 0 bridgehead atoms. The first-order valence-electron chi connectivity index (χ1n) is 13.4. The Labute approximate surface area is 214 Å². The lowest BCUT2D eigenvalue weighted by atomic mass is 10.0. The normalized spacial score (nSPS) is 18.4. The average molecular weight is 478 g/mol. The van der Waals surface area contributed by atoms with Gasteiger partial charge in [-0.05, 0) is 50.3 Å². The Bertz CT molecular complexity index is 941. The van der Waals surface area contributed by atoms with Gasteiger partial charge in [0.25, 0.3) is 0 Å². The Balaban J connectivity index is 1.58. The number of aliphatic imine (C=N–C) groups is 1. The molecular weight excluding hydrogens is 430 g/mol. The van der Waals surface area contributed by atoms with Crippen molar-refractivity contribution in [3.63, 3.8) is 0 Å². The van der Waals surface area contributed by atoms with Gasteiger partial charge in [0.05, 0.1) is 0 Å². The molecule has 0 aromatic heterocycles. The first kappa shape index (κ1) is 27.1. The van der Waals surface area contributed by atoms with Gasteiger partial charge >= 0.3 is 0 Å². The second-order valence-electron chi connectivity index (χ2n) is 10.4. The minimum atomic E-state index is 0.382. The van der Waals surface area contributed by atoms with E-state index in [4.69, 9.17) is 4.99 Å². The van der Waals surface area contributed by atoms with Gasteiger partial charge < -0.3 is 14.7 Å². The fraction of sp³-hybridized carbons (Fsp3) is 0.567. The van der Waals surface area contributed by atoms with Crippen LogP contribution in [0.1, 0.15) is 57.7 Å². The van der Waals surface area contributed by atoms with Crippen molar-refractivity contribution in [3.8, 4) is 0 Å². The van der Waals surface area contributed by atoms with E-state index in [9.17, 15) is 0 Å². The van der Waals surface area contributed by atoms with Crippen molar-refractivity contribution in [2.45, 2.75) is 54.5 Å². The molecule has 3 rings (SSSR count). The number of piperazine rings is 2. The lowest BCUT2D eigenvalue weighted by Crippen LogP contribution is -2.47. The van der Waals surface area contributed by atoms with Gasteiger partial charge in [0.2, 0.25) is 0 Å². The van der Waals surface area contributed by atoms with Crippen LogP contribution >= 0.6 is 0 Å². The molecule has 5 heteroatoms. The minimum Gasteiger partial charge on any atom is -0.373 e. The van der Waals surface area contributed by atoms with Gasteiger partial charge in [0.15, 0.2) is 0 Å². The summed E-state index contributed by atoms with van der Waals surface area (Å²) in [5.41, 5.74) is 7.50. The monoisotopic (exact) mass is 477 g/mol. The summed E-state index contributed by atoms with van der Waals surface area (Å²) in [6.45, 7) is 31.0. The summed E-state index contributed by atoms with van der Waals surface area (Å²) in [6, 6.07) is 6.93. The highest BCUT2D eigenvalue weighted by Crippen LogP contribution is 2.25.